The van der Waals surface area contributed by atoms with Crippen LogP contribution in [0.5, 0.6) is 0 Å². The Balaban J connectivity index is 2.29. The first-order valence-electron chi connectivity index (χ1n) is 6.08. The lowest BCUT2D eigenvalue weighted by Crippen LogP contribution is -2.42. The monoisotopic (exact) mass is 228 g/mol. The maximum absolute atomic E-state index is 11.1. The number of likely N-dealkylation sites (tertiary alicyclic amines) is 1. The van der Waals surface area contributed by atoms with Crippen molar-refractivity contribution in [1.82, 2.24) is 4.90 Å². The number of piperidine rings is 1. The number of nitrogens with zero attached hydrogens (tertiary/aromatic N) is 1. The van der Waals surface area contributed by atoms with Crippen molar-refractivity contribution in [3.8, 4) is 0 Å². The van der Waals surface area contributed by atoms with Gasteiger partial charge in [0.05, 0.1) is 7.11 Å². The van der Waals surface area contributed by atoms with E-state index in [1.165, 1.54) is 13.5 Å². The summed E-state index contributed by atoms with van der Waals surface area (Å²) < 4.78 is 4.61. The number of hydrogen-bond acceptors (Lipinski definition) is 4. The van der Waals surface area contributed by atoms with Crippen molar-refractivity contribution in [2.45, 2.75) is 32.7 Å². The van der Waals surface area contributed by atoms with Crippen LogP contribution in [0.1, 0.15) is 26.7 Å². The Labute approximate surface area is 98.1 Å². The third kappa shape index (κ3) is 4.10. The highest BCUT2D eigenvalue weighted by Gasteiger charge is 2.23. The van der Waals surface area contributed by atoms with Crippen LogP contribution in [-0.2, 0) is 9.53 Å². The largest absolute Gasteiger partial charge is 0.468 e. The van der Waals surface area contributed by atoms with E-state index in [1.54, 1.807) is 0 Å². The maximum Gasteiger partial charge on any atom is 0.322 e. The summed E-state index contributed by atoms with van der Waals surface area (Å²) in [4.78, 5) is 13.6. The number of esters is 1. The molecule has 1 fully saturated rings. The summed E-state index contributed by atoms with van der Waals surface area (Å²) in [5, 5.41) is 0. The SMILES string of the molecule is COC(=O)C(N)CCN1CC(C)CC(C)C1. The first-order valence-corrected chi connectivity index (χ1v) is 6.08. The van der Waals surface area contributed by atoms with Crippen molar-refractivity contribution in [2.24, 2.45) is 17.6 Å². The van der Waals surface area contributed by atoms with E-state index in [-0.39, 0.29) is 5.97 Å². The van der Waals surface area contributed by atoms with Crippen LogP contribution in [0.2, 0.25) is 0 Å². The normalized spacial score (nSPS) is 28.8. The van der Waals surface area contributed by atoms with Gasteiger partial charge in [-0.1, -0.05) is 13.8 Å². The lowest BCUT2D eigenvalue weighted by atomic mass is 9.92. The van der Waals surface area contributed by atoms with Crippen LogP contribution >= 0.6 is 0 Å². The predicted octanol–water partition coefficient (Wildman–Crippen LogP) is 0.855. The van der Waals surface area contributed by atoms with Crippen LogP contribution in [-0.4, -0.2) is 43.7 Å². The minimum Gasteiger partial charge on any atom is -0.468 e. The smallest absolute Gasteiger partial charge is 0.322 e. The maximum atomic E-state index is 11.1. The van der Waals surface area contributed by atoms with Gasteiger partial charge in [0.1, 0.15) is 6.04 Å². The molecule has 0 radical (unpaired) electrons. The fourth-order valence-electron chi connectivity index (χ4n) is 2.57. The summed E-state index contributed by atoms with van der Waals surface area (Å²) in [6.07, 6.45) is 1.99. The molecule has 0 bridgehead atoms. The zero-order valence-corrected chi connectivity index (χ0v) is 10.6. The van der Waals surface area contributed by atoms with Crippen LogP contribution in [0.15, 0.2) is 0 Å². The van der Waals surface area contributed by atoms with E-state index >= 15 is 0 Å². The molecule has 3 unspecified atom stereocenters. The lowest BCUT2D eigenvalue weighted by molar-refractivity contribution is -0.142. The molecule has 0 aromatic rings. The molecular formula is C12H24N2O2. The van der Waals surface area contributed by atoms with Gasteiger partial charge in [0.2, 0.25) is 0 Å². The van der Waals surface area contributed by atoms with Crippen LogP contribution in [0.3, 0.4) is 0 Å². The van der Waals surface area contributed by atoms with Crippen molar-refractivity contribution in [3.63, 3.8) is 0 Å². The van der Waals surface area contributed by atoms with Crippen LogP contribution in [0, 0.1) is 11.8 Å². The van der Waals surface area contributed by atoms with Crippen molar-refractivity contribution < 1.29 is 9.53 Å². The van der Waals surface area contributed by atoms with Gasteiger partial charge in [0, 0.05) is 19.6 Å². The van der Waals surface area contributed by atoms with E-state index in [1.807, 2.05) is 0 Å². The molecule has 2 N–H and O–H groups in total. The molecular weight excluding hydrogens is 204 g/mol. The van der Waals surface area contributed by atoms with Crippen molar-refractivity contribution in [2.75, 3.05) is 26.7 Å². The Morgan fingerprint density at radius 3 is 2.50 bits per heavy atom. The zero-order valence-electron chi connectivity index (χ0n) is 10.6. The van der Waals surface area contributed by atoms with Gasteiger partial charge in [0.25, 0.3) is 0 Å². The third-order valence-corrected chi connectivity index (χ3v) is 3.20. The molecule has 3 atom stereocenters. The molecule has 1 aliphatic heterocycles. The van der Waals surface area contributed by atoms with Gasteiger partial charge < -0.3 is 15.4 Å². The van der Waals surface area contributed by atoms with Gasteiger partial charge in [0.15, 0.2) is 0 Å². The number of methoxy groups -OCH3 is 1. The highest BCUT2D eigenvalue weighted by atomic mass is 16.5. The Morgan fingerprint density at radius 1 is 1.44 bits per heavy atom. The molecule has 0 aromatic carbocycles. The minimum atomic E-state index is -0.475. The number of carbonyl (C=O) groups is 1. The highest BCUT2D eigenvalue weighted by Crippen LogP contribution is 2.20. The molecule has 1 saturated heterocycles. The minimum absolute atomic E-state index is 0.307. The Hall–Kier alpha value is -0.610. The first-order chi connectivity index (χ1) is 7.52. The molecule has 4 nitrogen and oxygen atoms in total. The molecule has 4 heteroatoms. The molecule has 0 spiro atoms. The number of rotatable bonds is 4. The lowest BCUT2D eigenvalue weighted by Gasteiger charge is -2.35. The van der Waals surface area contributed by atoms with Crippen LogP contribution < -0.4 is 5.73 Å². The first kappa shape index (κ1) is 13.5. The number of hydrogen-bond donors (Lipinski definition) is 1. The zero-order chi connectivity index (χ0) is 12.1. The second kappa shape index (κ2) is 6.21. The van der Waals surface area contributed by atoms with E-state index in [4.69, 9.17) is 5.73 Å². The fourth-order valence-corrected chi connectivity index (χ4v) is 2.57. The van der Waals surface area contributed by atoms with Gasteiger partial charge >= 0.3 is 5.97 Å². The molecule has 0 aliphatic carbocycles. The summed E-state index contributed by atoms with van der Waals surface area (Å²) in [6, 6.07) is -0.475. The van der Waals surface area contributed by atoms with Gasteiger partial charge in [-0.05, 0) is 24.7 Å². The van der Waals surface area contributed by atoms with Gasteiger partial charge in [-0.3, -0.25) is 4.79 Å². The summed E-state index contributed by atoms with van der Waals surface area (Å²) in [6.45, 7) is 7.70. The van der Waals surface area contributed by atoms with Crippen LogP contribution in [0.25, 0.3) is 0 Å². The predicted molar refractivity (Wildman–Crippen MR) is 64.0 cm³/mol. The van der Waals surface area contributed by atoms with Crippen molar-refractivity contribution in [3.05, 3.63) is 0 Å². The van der Waals surface area contributed by atoms with Crippen molar-refractivity contribution >= 4 is 5.97 Å². The van der Waals surface area contributed by atoms with Crippen LogP contribution in [0.4, 0.5) is 0 Å². The standard InChI is InChI=1S/C12H24N2O2/c1-9-6-10(2)8-14(7-9)5-4-11(13)12(15)16-3/h9-11H,4-8,13H2,1-3H3. The second-order valence-corrected chi connectivity index (χ2v) is 5.12. The number of ether oxygens (including phenoxy) is 1. The second-order valence-electron chi connectivity index (χ2n) is 5.12. The molecule has 0 amide bonds. The third-order valence-electron chi connectivity index (χ3n) is 3.20. The van der Waals surface area contributed by atoms with Gasteiger partial charge in [-0.25, -0.2) is 0 Å². The summed E-state index contributed by atoms with van der Waals surface area (Å²) in [7, 11) is 1.38. The molecule has 0 saturated carbocycles. The van der Waals surface area contributed by atoms with Gasteiger partial charge in [-0.2, -0.15) is 0 Å². The molecule has 1 aliphatic rings. The molecule has 1 heterocycles. The van der Waals surface area contributed by atoms with Gasteiger partial charge in [-0.15, -0.1) is 0 Å². The number of nitrogens with two attached hydrogens (primary N) is 1. The summed E-state index contributed by atoms with van der Waals surface area (Å²) in [5.41, 5.74) is 5.71. The fraction of sp³-hybridized carbons (Fsp3) is 0.917. The summed E-state index contributed by atoms with van der Waals surface area (Å²) >= 11 is 0. The number of carbonyl (C=O) groups excluding carboxylic acids is 1. The van der Waals surface area contributed by atoms with Crippen molar-refractivity contribution in [1.29, 1.82) is 0 Å². The van der Waals surface area contributed by atoms with E-state index in [0.29, 0.717) is 6.42 Å². The Bertz CT molecular complexity index is 223. The highest BCUT2D eigenvalue weighted by molar-refractivity contribution is 5.75. The molecule has 94 valence electrons. The summed E-state index contributed by atoms with van der Waals surface area (Å²) in [5.74, 6) is 1.19. The van der Waals surface area contributed by atoms with E-state index in [0.717, 1.165) is 31.5 Å². The molecule has 16 heavy (non-hydrogen) atoms. The van der Waals surface area contributed by atoms with E-state index < -0.39 is 6.04 Å². The van der Waals surface area contributed by atoms with E-state index in [9.17, 15) is 4.79 Å². The quantitative estimate of drug-likeness (QED) is 0.725. The Kier molecular flexibility index (Phi) is 5.22. The van der Waals surface area contributed by atoms with E-state index in [2.05, 4.69) is 23.5 Å². The average molecular weight is 228 g/mol. The average Bonchev–Trinajstić information content (AvgIpc) is 2.23. The topological polar surface area (TPSA) is 55.6 Å². The molecule has 0 aromatic heterocycles. The Morgan fingerprint density at radius 2 is 2.00 bits per heavy atom. The molecule has 1 rings (SSSR count).